The molecular formula is C13H22N2S. The van der Waals surface area contributed by atoms with E-state index in [1.807, 2.05) is 6.20 Å². The molecule has 1 aromatic heterocycles. The van der Waals surface area contributed by atoms with Crippen LogP contribution in [0.5, 0.6) is 0 Å². The maximum absolute atomic E-state index is 4.42. The zero-order valence-electron chi connectivity index (χ0n) is 10.3. The fraction of sp³-hybridized carbons (Fsp3) is 0.769. The third-order valence-corrected chi connectivity index (χ3v) is 4.09. The molecule has 2 nitrogen and oxygen atoms in total. The van der Waals surface area contributed by atoms with Gasteiger partial charge in [-0.15, -0.1) is 11.3 Å². The highest BCUT2D eigenvalue weighted by Gasteiger charge is 2.28. The van der Waals surface area contributed by atoms with Gasteiger partial charge in [0.2, 0.25) is 0 Å². The van der Waals surface area contributed by atoms with Crippen molar-refractivity contribution in [1.29, 1.82) is 0 Å². The molecule has 1 aliphatic rings. The highest BCUT2D eigenvalue weighted by atomic mass is 32.1. The fourth-order valence-electron chi connectivity index (χ4n) is 2.23. The average Bonchev–Trinajstić information content (AvgIpc) is 2.95. The van der Waals surface area contributed by atoms with Crippen molar-refractivity contribution in [3.8, 4) is 0 Å². The monoisotopic (exact) mass is 238 g/mol. The molecule has 3 heteroatoms. The van der Waals surface area contributed by atoms with Crippen LogP contribution in [0, 0.1) is 5.41 Å². The van der Waals surface area contributed by atoms with E-state index in [-0.39, 0.29) is 0 Å². The van der Waals surface area contributed by atoms with E-state index in [1.165, 1.54) is 30.7 Å². The minimum atomic E-state index is 0.384. The summed E-state index contributed by atoms with van der Waals surface area (Å²) in [5, 5.41) is 7.04. The van der Waals surface area contributed by atoms with Gasteiger partial charge < -0.3 is 5.32 Å². The molecule has 1 aromatic rings. The number of rotatable bonds is 7. The molecule has 16 heavy (non-hydrogen) atoms. The smallest absolute Gasteiger partial charge is 0.0930 e. The second-order valence-corrected chi connectivity index (χ2v) is 6.30. The van der Waals surface area contributed by atoms with Crippen LogP contribution in [-0.4, -0.2) is 17.6 Å². The van der Waals surface area contributed by atoms with Crippen LogP contribution in [0.4, 0.5) is 0 Å². The summed E-state index contributed by atoms with van der Waals surface area (Å²) in [5.74, 6) is 0. The Bertz CT molecular complexity index is 306. The molecular weight excluding hydrogens is 216 g/mol. The predicted molar refractivity (Wildman–Crippen MR) is 69.9 cm³/mol. The van der Waals surface area contributed by atoms with Crippen molar-refractivity contribution in [2.45, 2.75) is 52.0 Å². The van der Waals surface area contributed by atoms with Gasteiger partial charge >= 0.3 is 0 Å². The molecule has 1 unspecified atom stereocenters. The van der Waals surface area contributed by atoms with Crippen molar-refractivity contribution in [3.63, 3.8) is 0 Å². The number of thiazole rings is 1. The first kappa shape index (κ1) is 12.1. The molecule has 1 saturated carbocycles. The zero-order valence-corrected chi connectivity index (χ0v) is 11.1. The van der Waals surface area contributed by atoms with E-state index in [0.29, 0.717) is 5.41 Å². The Hall–Kier alpha value is -0.410. The highest BCUT2D eigenvalue weighted by molar-refractivity contribution is 7.09. The molecule has 90 valence electrons. The summed E-state index contributed by atoms with van der Waals surface area (Å²) in [7, 11) is 0. The van der Waals surface area contributed by atoms with E-state index in [1.54, 1.807) is 11.3 Å². The molecule has 1 aliphatic carbocycles. The standard InChI is InChI=1S/C13H22N2S/c1-3-6-13(2,10-15-11-4-5-11)9-12-14-7-8-16-12/h7-8,11,15H,3-6,9-10H2,1-2H3. The van der Waals surface area contributed by atoms with Gasteiger partial charge in [-0.25, -0.2) is 4.98 Å². The van der Waals surface area contributed by atoms with Crippen LogP contribution in [0.25, 0.3) is 0 Å². The minimum absolute atomic E-state index is 0.384. The van der Waals surface area contributed by atoms with E-state index < -0.39 is 0 Å². The zero-order chi connectivity index (χ0) is 11.4. The third-order valence-electron chi connectivity index (χ3n) is 3.31. The topological polar surface area (TPSA) is 24.9 Å². The summed E-state index contributed by atoms with van der Waals surface area (Å²) < 4.78 is 0. The van der Waals surface area contributed by atoms with Crippen molar-refractivity contribution in [3.05, 3.63) is 16.6 Å². The van der Waals surface area contributed by atoms with E-state index >= 15 is 0 Å². The minimum Gasteiger partial charge on any atom is -0.313 e. The number of hydrogen-bond donors (Lipinski definition) is 1. The summed E-state index contributed by atoms with van der Waals surface area (Å²) in [6.45, 7) is 5.82. The Morgan fingerprint density at radius 3 is 2.94 bits per heavy atom. The molecule has 0 saturated heterocycles. The highest BCUT2D eigenvalue weighted by Crippen LogP contribution is 2.30. The Balaban J connectivity index is 1.89. The van der Waals surface area contributed by atoms with Crippen LogP contribution in [0.1, 0.15) is 44.5 Å². The van der Waals surface area contributed by atoms with Gasteiger partial charge in [-0.1, -0.05) is 20.3 Å². The Labute approximate surface area is 102 Å². The van der Waals surface area contributed by atoms with Gasteiger partial charge in [0.15, 0.2) is 0 Å². The van der Waals surface area contributed by atoms with E-state index in [4.69, 9.17) is 0 Å². The van der Waals surface area contributed by atoms with Gasteiger partial charge in [0, 0.05) is 30.6 Å². The first-order valence-corrected chi connectivity index (χ1v) is 7.21. The van der Waals surface area contributed by atoms with Crippen LogP contribution < -0.4 is 5.32 Å². The van der Waals surface area contributed by atoms with Crippen LogP contribution in [-0.2, 0) is 6.42 Å². The van der Waals surface area contributed by atoms with Crippen molar-refractivity contribution in [2.75, 3.05) is 6.54 Å². The number of nitrogens with zero attached hydrogens (tertiary/aromatic N) is 1. The lowest BCUT2D eigenvalue weighted by atomic mass is 9.82. The van der Waals surface area contributed by atoms with Gasteiger partial charge in [0.25, 0.3) is 0 Å². The molecule has 0 radical (unpaired) electrons. The quantitative estimate of drug-likeness (QED) is 0.789. The van der Waals surface area contributed by atoms with Crippen molar-refractivity contribution >= 4 is 11.3 Å². The van der Waals surface area contributed by atoms with E-state index in [0.717, 1.165) is 19.0 Å². The molecule has 0 amide bonds. The summed E-state index contributed by atoms with van der Waals surface area (Å²) in [4.78, 5) is 4.42. The second-order valence-electron chi connectivity index (χ2n) is 5.32. The van der Waals surface area contributed by atoms with E-state index in [2.05, 4.69) is 29.5 Å². The third kappa shape index (κ3) is 3.56. The number of aromatic nitrogens is 1. The fourth-order valence-corrected chi connectivity index (χ4v) is 3.06. The Morgan fingerprint density at radius 1 is 1.56 bits per heavy atom. The lowest BCUT2D eigenvalue weighted by Gasteiger charge is -2.29. The van der Waals surface area contributed by atoms with Crippen LogP contribution in [0.3, 0.4) is 0 Å². The number of hydrogen-bond acceptors (Lipinski definition) is 3. The molecule has 0 spiro atoms. The summed E-state index contributed by atoms with van der Waals surface area (Å²) >= 11 is 1.79. The SMILES string of the molecule is CCCC(C)(CNC1CC1)Cc1nccs1. The first-order chi connectivity index (χ1) is 7.72. The maximum atomic E-state index is 4.42. The van der Waals surface area contributed by atoms with Crippen molar-refractivity contribution in [1.82, 2.24) is 10.3 Å². The number of nitrogens with one attached hydrogen (secondary N) is 1. The van der Waals surface area contributed by atoms with Gasteiger partial charge in [-0.2, -0.15) is 0 Å². The predicted octanol–water partition coefficient (Wildman–Crippen LogP) is 3.24. The van der Waals surface area contributed by atoms with Gasteiger partial charge in [-0.05, 0) is 24.7 Å². The van der Waals surface area contributed by atoms with Gasteiger partial charge in [-0.3, -0.25) is 0 Å². The molecule has 0 bridgehead atoms. The van der Waals surface area contributed by atoms with Gasteiger partial charge in [0.1, 0.15) is 0 Å². The van der Waals surface area contributed by atoms with Crippen LogP contribution in [0.2, 0.25) is 0 Å². The molecule has 0 aromatic carbocycles. The molecule has 1 atom stereocenters. The summed E-state index contributed by atoms with van der Waals surface area (Å²) in [5.41, 5.74) is 0.384. The molecule has 0 aliphatic heterocycles. The van der Waals surface area contributed by atoms with E-state index in [9.17, 15) is 0 Å². The van der Waals surface area contributed by atoms with Gasteiger partial charge in [0.05, 0.1) is 5.01 Å². The molecule has 1 heterocycles. The lowest BCUT2D eigenvalue weighted by Crippen LogP contribution is -2.34. The lowest BCUT2D eigenvalue weighted by molar-refractivity contribution is 0.274. The first-order valence-electron chi connectivity index (χ1n) is 6.34. The van der Waals surface area contributed by atoms with Crippen molar-refractivity contribution < 1.29 is 0 Å². The summed E-state index contributed by atoms with van der Waals surface area (Å²) in [6, 6.07) is 0.812. The van der Waals surface area contributed by atoms with Crippen LogP contribution >= 0.6 is 11.3 Å². The maximum Gasteiger partial charge on any atom is 0.0930 e. The van der Waals surface area contributed by atoms with Crippen molar-refractivity contribution in [2.24, 2.45) is 5.41 Å². The largest absolute Gasteiger partial charge is 0.313 e. The Kier molecular flexibility index (Phi) is 3.98. The van der Waals surface area contributed by atoms with Crippen LogP contribution in [0.15, 0.2) is 11.6 Å². The molecule has 2 rings (SSSR count). The summed E-state index contributed by atoms with van der Waals surface area (Å²) in [6.07, 6.45) is 8.33. The Morgan fingerprint density at radius 2 is 2.38 bits per heavy atom. The second kappa shape index (κ2) is 5.28. The molecule has 1 fully saturated rings. The molecule has 1 N–H and O–H groups in total. The normalized spacial score (nSPS) is 19.6. The average molecular weight is 238 g/mol.